The maximum absolute atomic E-state index is 14.4. The van der Waals surface area contributed by atoms with Crippen molar-refractivity contribution < 1.29 is 29.0 Å². The third-order valence-electron chi connectivity index (χ3n) is 10.7. The van der Waals surface area contributed by atoms with E-state index in [1.54, 1.807) is 30.3 Å². The van der Waals surface area contributed by atoms with Crippen LogP contribution in [0.1, 0.15) is 24.3 Å². The van der Waals surface area contributed by atoms with Gasteiger partial charge in [-0.3, -0.25) is 29.0 Å². The van der Waals surface area contributed by atoms with Gasteiger partial charge in [-0.2, -0.15) is 0 Å². The number of hydrogen-bond acceptors (Lipinski definition) is 7. The van der Waals surface area contributed by atoms with E-state index >= 15 is 0 Å². The SMILES string of the molecule is O=C1[C@H]2[C@H](CC=C3[C@H]2C[C@@]2(Cl)C(=O)N(CBr)C(=O)[C@@]2(Cl)[C@H]3c2ccc3ccccc3c2O)C(=O)N1c1ccc(N2CCOCC2)cc1. The molecule has 4 amide bonds. The summed E-state index contributed by atoms with van der Waals surface area (Å²) in [5, 5.41) is 13.0. The highest BCUT2D eigenvalue weighted by Crippen LogP contribution is 2.66. The molecule has 3 heterocycles. The number of imide groups is 2. The second-order valence-corrected chi connectivity index (χ2v) is 14.6. The van der Waals surface area contributed by atoms with Crippen molar-refractivity contribution in [3.63, 3.8) is 0 Å². The molecule has 3 saturated heterocycles. The molecule has 242 valence electrons. The average molecular weight is 739 g/mol. The van der Waals surface area contributed by atoms with E-state index in [0.29, 0.717) is 35.4 Å². The molecular formula is C35H30BrCl2N3O6. The Hall–Kier alpha value is -3.44. The molecule has 0 radical (unpaired) electrons. The Morgan fingerprint density at radius 2 is 1.57 bits per heavy atom. The summed E-state index contributed by atoms with van der Waals surface area (Å²) in [6.07, 6.45) is 1.99. The molecule has 0 aromatic heterocycles. The number of carbonyl (C=O) groups is 4. The van der Waals surface area contributed by atoms with Crippen LogP contribution < -0.4 is 9.80 Å². The minimum absolute atomic E-state index is 0.0795. The fourth-order valence-electron chi connectivity index (χ4n) is 8.49. The molecule has 1 N–H and O–H groups in total. The normalized spacial score (nSPS) is 32.1. The number of alkyl halides is 3. The van der Waals surface area contributed by atoms with Crippen molar-refractivity contribution >= 4 is 84.9 Å². The van der Waals surface area contributed by atoms with Crippen LogP contribution in [0, 0.1) is 17.8 Å². The molecule has 9 nitrogen and oxygen atoms in total. The number of hydrogen-bond donors (Lipinski definition) is 1. The molecule has 0 unspecified atom stereocenters. The van der Waals surface area contributed by atoms with E-state index in [9.17, 15) is 24.3 Å². The van der Waals surface area contributed by atoms with Crippen molar-refractivity contribution in [2.75, 3.05) is 41.6 Å². The number of anilines is 2. The van der Waals surface area contributed by atoms with Crippen LogP contribution in [-0.4, -0.2) is 75.1 Å². The smallest absolute Gasteiger partial charge is 0.254 e. The second kappa shape index (κ2) is 11.1. The zero-order valence-electron chi connectivity index (χ0n) is 25.1. The Morgan fingerprint density at radius 3 is 2.30 bits per heavy atom. The Morgan fingerprint density at radius 1 is 0.872 bits per heavy atom. The lowest BCUT2D eigenvalue weighted by molar-refractivity contribution is -0.138. The number of fused-ring (bicyclic) bond motifs is 5. The molecule has 3 aliphatic heterocycles. The number of halogens is 3. The number of carbonyl (C=O) groups excluding carboxylic acids is 4. The lowest BCUT2D eigenvalue weighted by Gasteiger charge is -2.50. The van der Waals surface area contributed by atoms with Gasteiger partial charge in [-0.1, -0.05) is 64.0 Å². The lowest BCUT2D eigenvalue weighted by Crippen LogP contribution is -2.60. The van der Waals surface area contributed by atoms with E-state index in [1.807, 2.05) is 36.4 Å². The summed E-state index contributed by atoms with van der Waals surface area (Å²) < 4.78 is 5.46. The zero-order valence-corrected chi connectivity index (χ0v) is 28.2. The number of phenolic OH excluding ortho intramolecular Hbond substituents is 1. The van der Waals surface area contributed by atoms with Gasteiger partial charge in [-0.15, -0.1) is 23.2 Å². The second-order valence-electron chi connectivity index (χ2n) is 12.8. The Balaban J connectivity index is 1.23. The van der Waals surface area contributed by atoms with Crippen molar-refractivity contribution in [2.24, 2.45) is 17.8 Å². The van der Waals surface area contributed by atoms with Crippen LogP contribution in [0.5, 0.6) is 5.75 Å². The number of aromatic hydroxyl groups is 1. The van der Waals surface area contributed by atoms with Crippen LogP contribution in [0.2, 0.25) is 0 Å². The Kier molecular flexibility index (Phi) is 7.26. The van der Waals surface area contributed by atoms with Gasteiger partial charge in [0.15, 0.2) is 9.75 Å². The number of amides is 4. The largest absolute Gasteiger partial charge is 0.507 e. The van der Waals surface area contributed by atoms with E-state index in [-0.39, 0.29) is 35.9 Å². The van der Waals surface area contributed by atoms with Gasteiger partial charge in [0.1, 0.15) is 5.75 Å². The number of nitrogens with zero attached hydrogens (tertiary/aromatic N) is 3. The average Bonchev–Trinajstić information content (AvgIpc) is 3.43. The van der Waals surface area contributed by atoms with Gasteiger partial charge >= 0.3 is 0 Å². The topological polar surface area (TPSA) is 107 Å². The zero-order chi connectivity index (χ0) is 32.8. The van der Waals surface area contributed by atoms with Crippen LogP contribution in [-0.2, 0) is 23.9 Å². The van der Waals surface area contributed by atoms with Crippen LogP contribution >= 0.6 is 39.1 Å². The van der Waals surface area contributed by atoms with E-state index in [1.165, 1.54) is 4.90 Å². The van der Waals surface area contributed by atoms with Gasteiger partial charge in [-0.25, -0.2) is 0 Å². The highest BCUT2D eigenvalue weighted by Gasteiger charge is 2.76. The molecule has 5 aliphatic rings. The van der Waals surface area contributed by atoms with Gasteiger partial charge in [0.2, 0.25) is 11.8 Å². The van der Waals surface area contributed by atoms with Crippen LogP contribution in [0.3, 0.4) is 0 Å². The number of benzene rings is 3. The first-order valence-electron chi connectivity index (χ1n) is 15.6. The van der Waals surface area contributed by atoms with Crippen molar-refractivity contribution in [3.8, 4) is 5.75 Å². The predicted octanol–water partition coefficient (Wildman–Crippen LogP) is 5.30. The number of rotatable bonds is 4. The molecule has 8 rings (SSSR count). The highest BCUT2D eigenvalue weighted by atomic mass is 79.9. The summed E-state index contributed by atoms with van der Waals surface area (Å²) in [7, 11) is 0. The number of ether oxygens (including phenoxy) is 1. The van der Waals surface area contributed by atoms with Gasteiger partial charge in [0, 0.05) is 35.6 Å². The number of allylic oxidation sites excluding steroid dienone is 2. The van der Waals surface area contributed by atoms with Gasteiger partial charge in [0.25, 0.3) is 11.8 Å². The van der Waals surface area contributed by atoms with E-state index in [4.69, 9.17) is 27.9 Å². The number of likely N-dealkylation sites (tertiary alicyclic amines) is 1. The summed E-state index contributed by atoms with van der Waals surface area (Å²) in [6, 6.07) is 18.2. The molecule has 3 aromatic rings. The lowest BCUT2D eigenvalue weighted by atomic mass is 9.56. The number of phenols is 1. The Bertz CT molecular complexity index is 1900. The first-order valence-corrected chi connectivity index (χ1v) is 17.5. The predicted molar refractivity (Wildman–Crippen MR) is 181 cm³/mol. The minimum atomic E-state index is -1.99. The van der Waals surface area contributed by atoms with Crippen molar-refractivity contribution in [1.82, 2.24) is 4.90 Å². The summed E-state index contributed by atoms with van der Waals surface area (Å²) in [5.41, 5.74) is 2.30. The van der Waals surface area contributed by atoms with Gasteiger partial charge in [-0.05, 0) is 48.4 Å². The molecule has 1 saturated carbocycles. The summed E-state index contributed by atoms with van der Waals surface area (Å²) >= 11 is 17.9. The van der Waals surface area contributed by atoms with Crippen LogP contribution in [0.25, 0.3) is 10.8 Å². The molecule has 6 atom stereocenters. The molecule has 2 aliphatic carbocycles. The fraction of sp³-hybridized carbons (Fsp3) is 0.371. The monoisotopic (exact) mass is 737 g/mol. The van der Waals surface area contributed by atoms with E-state index < -0.39 is 45.2 Å². The highest BCUT2D eigenvalue weighted by molar-refractivity contribution is 9.09. The van der Waals surface area contributed by atoms with Crippen molar-refractivity contribution in [3.05, 3.63) is 77.9 Å². The maximum atomic E-state index is 14.4. The first-order chi connectivity index (χ1) is 22.6. The van der Waals surface area contributed by atoms with Crippen molar-refractivity contribution in [1.29, 1.82) is 0 Å². The molecule has 4 fully saturated rings. The summed E-state index contributed by atoms with van der Waals surface area (Å²) in [6.45, 7) is 2.78. The van der Waals surface area contributed by atoms with Crippen LogP contribution in [0.4, 0.5) is 11.4 Å². The quantitative estimate of drug-likeness (QED) is 0.168. The fourth-order valence-corrected chi connectivity index (χ4v) is 9.91. The van der Waals surface area contributed by atoms with Gasteiger partial charge in [0.05, 0.1) is 36.2 Å². The van der Waals surface area contributed by atoms with E-state index in [0.717, 1.165) is 29.1 Å². The Labute approximate surface area is 289 Å². The standard InChI is InChI=1S/C35H30BrCl2N3O6/c36-18-40-32(45)34(37)17-26-23(28(35(34,38)33(40)46)25-10-5-19-3-1-2-4-22(19)29(25)42)11-12-24-27(26)31(44)41(30(24)43)21-8-6-20(7-9-21)39-13-15-47-16-14-39/h1-11,24,26-28,42H,12-18H2/t24-,26+,27-,28+,34+,35-/m0/s1. The summed E-state index contributed by atoms with van der Waals surface area (Å²) in [5.74, 6) is -5.36. The molecule has 12 heteroatoms. The molecular weight excluding hydrogens is 709 g/mol. The van der Waals surface area contributed by atoms with Crippen LogP contribution in [0.15, 0.2) is 72.3 Å². The third-order valence-corrected chi connectivity index (χ3v) is 12.7. The summed E-state index contributed by atoms with van der Waals surface area (Å²) in [4.78, 5) is 56.9. The van der Waals surface area contributed by atoms with Gasteiger partial charge < -0.3 is 14.7 Å². The van der Waals surface area contributed by atoms with Crippen molar-refractivity contribution in [2.45, 2.75) is 28.5 Å². The third kappa shape index (κ3) is 4.17. The van der Waals surface area contributed by atoms with E-state index in [2.05, 4.69) is 20.8 Å². The maximum Gasteiger partial charge on any atom is 0.254 e. The first kappa shape index (κ1) is 30.9. The molecule has 3 aromatic carbocycles. The molecule has 0 spiro atoms. The molecule has 0 bridgehead atoms. The minimum Gasteiger partial charge on any atom is -0.507 e. The number of morpholine rings is 1. The molecule has 47 heavy (non-hydrogen) atoms.